The number of nitrogens with two attached hydrogens (primary N) is 1. The molecule has 8 nitrogen and oxygen atoms in total. The highest BCUT2D eigenvalue weighted by atomic mass is 35.5. The second kappa shape index (κ2) is 6.25. The summed E-state index contributed by atoms with van der Waals surface area (Å²) in [6, 6.07) is 7.09. The third-order valence-corrected chi connectivity index (χ3v) is 2.82. The van der Waals surface area contributed by atoms with Crippen LogP contribution < -0.4 is 16.0 Å². The Hall–Kier alpha value is -2.58. The number of nitrogen functional groups attached to an aromatic ring is 1. The number of ether oxygens (including phenoxy) is 1. The van der Waals surface area contributed by atoms with Crippen molar-refractivity contribution in [3.05, 3.63) is 57.0 Å². The number of nitrogens with one attached hydrogen (secondary N) is 1. The van der Waals surface area contributed by atoms with E-state index < -0.39 is 10.8 Å². The van der Waals surface area contributed by atoms with Gasteiger partial charge in [-0.3, -0.25) is 20.3 Å². The van der Waals surface area contributed by atoms with Gasteiger partial charge in [-0.05, 0) is 18.2 Å². The van der Waals surface area contributed by atoms with Crippen LogP contribution in [0.25, 0.3) is 0 Å². The molecule has 21 heavy (non-hydrogen) atoms. The fraction of sp³-hybridized carbons (Fsp3) is 0.0833. The first-order valence-corrected chi connectivity index (χ1v) is 6.06. The number of nitrogens with zero attached hydrogens (tertiary/aromatic N) is 1. The zero-order valence-electron chi connectivity index (χ0n) is 10.5. The lowest BCUT2D eigenvalue weighted by Crippen LogP contribution is -2.29. The van der Waals surface area contributed by atoms with E-state index in [1.54, 1.807) is 0 Å². The van der Waals surface area contributed by atoms with Gasteiger partial charge in [0.05, 0.1) is 9.95 Å². The molecular formula is C12H10ClN3O5. The van der Waals surface area contributed by atoms with Crippen molar-refractivity contribution in [3.8, 4) is 5.75 Å². The van der Waals surface area contributed by atoms with Gasteiger partial charge in [-0.25, -0.2) is 5.84 Å². The van der Waals surface area contributed by atoms with Crippen molar-refractivity contribution in [1.29, 1.82) is 0 Å². The molecule has 1 heterocycles. The molecule has 0 saturated heterocycles. The fourth-order valence-corrected chi connectivity index (χ4v) is 1.80. The Balaban J connectivity index is 2.15. The van der Waals surface area contributed by atoms with Gasteiger partial charge in [-0.1, -0.05) is 17.7 Å². The summed E-state index contributed by atoms with van der Waals surface area (Å²) in [5, 5.41) is 11.0. The van der Waals surface area contributed by atoms with Crippen LogP contribution >= 0.6 is 11.6 Å². The highest BCUT2D eigenvalue weighted by Crippen LogP contribution is 2.34. The molecule has 110 valence electrons. The number of para-hydroxylation sites is 1. The number of amides is 1. The van der Waals surface area contributed by atoms with Crippen LogP contribution in [0.3, 0.4) is 0 Å². The number of nitro groups is 1. The predicted octanol–water partition coefficient (Wildman–Crippen LogP) is 2.02. The zero-order valence-corrected chi connectivity index (χ0v) is 11.3. The van der Waals surface area contributed by atoms with E-state index in [0.29, 0.717) is 5.76 Å². The SMILES string of the molecule is NNC(=O)c1ccc(COc2c(Cl)cccc2[N+](=O)[O-])o1. The monoisotopic (exact) mass is 311 g/mol. The van der Waals surface area contributed by atoms with E-state index in [1.807, 2.05) is 5.43 Å². The van der Waals surface area contributed by atoms with Gasteiger partial charge < -0.3 is 9.15 Å². The summed E-state index contributed by atoms with van der Waals surface area (Å²) in [6.45, 7) is -0.123. The minimum absolute atomic E-state index is 0.00441. The summed E-state index contributed by atoms with van der Waals surface area (Å²) in [4.78, 5) is 21.5. The van der Waals surface area contributed by atoms with Gasteiger partial charge in [0, 0.05) is 6.07 Å². The number of halogens is 1. The number of carbonyl (C=O) groups excluding carboxylic acids is 1. The summed E-state index contributed by atoms with van der Waals surface area (Å²) in [5.41, 5.74) is 1.66. The maximum Gasteiger partial charge on any atom is 0.312 e. The molecule has 0 saturated carbocycles. The number of hydrogen-bond acceptors (Lipinski definition) is 6. The topological polar surface area (TPSA) is 121 Å². The fourth-order valence-electron chi connectivity index (χ4n) is 1.58. The van der Waals surface area contributed by atoms with E-state index >= 15 is 0 Å². The van der Waals surface area contributed by atoms with Crippen molar-refractivity contribution in [3.63, 3.8) is 0 Å². The van der Waals surface area contributed by atoms with Gasteiger partial charge in [0.15, 0.2) is 5.76 Å². The van der Waals surface area contributed by atoms with Gasteiger partial charge in [0.25, 0.3) is 0 Å². The standard InChI is InChI=1S/C12H10ClN3O5/c13-8-2-1-3-9(16(18)19)11(8)20-6-7-4-5-10(21-7)12(17)15-14/h1-5H,6,14H2,(H,15,17). The Bertz CT molecular complexity index is 685. The van der Waals surface area contributed by atoms with Crippen LogP contribution in [0.15, 0.2) is 34.7 Å². The molecule has 1 amide bonds. The molecule has 9 heteroatoms. The molecule has 0 atom stereocenters. The number of rotatable bonds is 5. The average molecular weight is 312 g/mol. The second-order valence-electron chi connectivity index (χ2n) is 3.87. The van der Waals surface area contributed by atoms with E-state index in [2.05, 4.69) is 0 Å². The zero-order chi connectivity index (χ0) is 15.4. The van der Waals surface area contributed by atoms with Crippen molar-refractivity contribution in [2.75, 3.05) is 0 Å². The van der Waals surface area contributed by atoms with Gasteiger partial charge in [0.2, 0.25) is 5.75 Å². The summed E-state index contributed by atoms with van der Waals surface area (Å²) < 4.78 is 10.5. The summed E-state index contributed by atoms with van der Waals surface area (Å²) in [6.07, 6.45) is 0. The predicted molar refractivity (Wildman–Crippen MR) is 72.8 cm³/mol. The molecule has 3 N–H and O–H groups in total. The Labute approximate surface area is 123 Å². The lowest BCUT2D eigenvalue weighted by molar-refractivity contribution is -0.385. The molecule has 1 aromatic heterocycles. The van der Waals surface area contributed by atoms with Gasteiger partial charge in [-0.15, -0.1) is 0 Å². The Kier molecular flexibility index (Phi) is 4.41. The normalized spacial score (nSPS) is 10.2. The summed E-state index contributed by atoms with van der Waals surface area (Å²) in [5.74, 6) is 4.61. The van der Waals surface area contributed by atoms with Crippen molar-refractivity contribution in [2.24, 2.45) is 5.84 Å². The van der Waals surface area contributed by atoms with Gasteiger partial charge >= 0.3 is 11.6 Å². The van der Waals surface area contributed by atoms with E-state index in [4.69, 9.17) is 26.6 Å². The first-order chi connectivity index (χ1) is 10.0. The second-order valence-corrected chi connectivity index (χ2v) is 4.28. The number of benzene rings is 1. The van der Waals surface area contributed by atoms with Crippen LogP contribution in [0.1, 0.15) is 16.3 Å². The van der Waals surface area contributed by atoms with Crippen molar-refractivity contribution in [2.45, 2.75) is 6.61 Å². The molecule has 0 aliphatic heterocycles. The van der Waals surface area contributed by atoms with Crippen LogP contribution in [-0.2, 0) is 6.61 Å². The number of hydrogen-bond donors (Lipinski definition) is 2. The number of carbonyl (C=O) groups is 1. The lowest BCUT2D eigenvalue weighted by atomic mass is 10.3. The van der Waals surface area contributed by atoms with Crippen molar-refractivity contribution >= 4 is 23.2 Å². The molecule has 0 radical (unpaired) electrons. The van der Waals surface area contributed by atoms with Crippen LogP contribution in [-0.4, -0.2) is 10.8 Å². The molecule has 0 aliphatic rings. The maximum atomic E-state index is 11.2. The van der Waals surface area contributed by atoms with Crippen LogP contribution in [0.5, 0.6) is 5.75 Å². The molecular weight excluding hydrogens is 302 g/mol. The molecule has 0 unspecified atom stereocenters. The largest absolute Gasteiger partial charge is 0.478 e. The van der Waals surface area contributed by atoms with E-state index in [0.717, 1.165) is 0 Å². The van der Waals surface area contributed by atoms with Crippen molar-refractivity contribution < 1.29 is 18.9 Å². The lowest BCUT2D eigenvalue weighted by Gasteiger charge is -2.06. The van der Waals surface area contributed by atoms with Gasteiger partial charge in [0.1, 0.15) is 12.4 Å². The molecule has 2 rings (SSSR count). The summed E-state index contributed by atoms with van der Waals surface area (Å²) in [7, 11) is 0. The molecule has 0 aliphatic carbocycles. The smallest absolute Gasteiger partial charge is 0.312 e. The van der Waals surface area contributed by atoms with Gasteiger partial charge in [-0.2, -0.15) is 0 Å². The van der Waals surface area contributed by atoms with E-state index in [-0.39, 0.29) is 28.8 Å². The van der Waals surface area contributed by atoms with E-state index in [1.165, 1.54) is 30.3 Å². The molecule has 0 spiro atoms. The average Bonchev–Trinajstić information content (AvgIpc) is 2.93. The molecule has 1 aromatic carbocycles. The first-order valence-electron chi connectivity index (χ1n) is 5.68. The van der Waals surface area contributed by atoms with Crippen LogP contribution in [0, 0.1) is 10.1 Å². The third-order valence-electron chi connectivity index (χ3n) is 2.52. The highest BCUT2D eigenvalue weighted by molar-refractivity contribution is 6.32. The molecule has 0 fully saturated rings. The number of furan rings is 1. The number of hydrazine groups is 1. The minimum atomic E-state index is -0.601. The Morgan fingerprint density at radius 2 is 2.19 bits per heavy atom. The molecule has 0 bridgehead atoms. The minimum Gasteiger partial charge on any atom is -0.478 e. The van der Waals surface area contributed by atoms with Crippen LogP contribution in [0.4, 0.5) is 5.69 Å². The number of nitro benzene ring substituents is 1. The quantitative estimate of drug-likeness (QED) is 0.377. The highest BCUT2D eigenvalue weighted by Gasteiger charge is 2.19. The van der Waals surface area contributed by atoms with Crippen LogP contribution in [0.2, 0.25) is 5.02 Å². The maximum absolute atomic E-state index is 11.2. The first kappa shape index (κ1) is 14.8. The Morgan fingerprint density at radius 3 is 2.86 bits per heavy atom. The Morgan fingerprint density at radius 1 is 1.43 bits per heavy atom. The summed E-state index contributed by atoms with van der Waals surface area (Å²) >= 11 is 5.88. The molecule has 2 aromatic rings. The van der Waals surface area contributed by atoms with Crippen molar-refractivity contribution in [1.82, 2.24) is 5.43 Å². The van der Waals surface area contributed by atoms with E-state index in [9.17, 15) is 14.9 Å². The third kappa shape index (κ3) is 3.30.